The van der Waals surface area contributed by atoms with Gasteiger partial charge in [0.15, 0.2) is 0 Å². The zero-order valence-corrected chi connectivity index (χ0v) is 26.1. The Kier molecular flexibility index (Phi) is 11.3. The van der Waals surface area contributed by atoms with Crippen LogP contribution in [0, 0.1) is 29.2 Å². The van der Waals surface area contributed by atoms with Gasteiger partial charge in [-0.3, -0.25) is 0 Å². The van der Waals surface area contributed by atoms with Gasteiger partial charge in [0.1, 0.15) is 47.2 Å². The van der Waals surface area contributed by atoms with Crippen LogP contribution in [0.15, 0.2) is 71.3 Å². The summed E-state index contributed by atoms with van der Waals surface area (Å²) in [5, 5.41) is -0.438. The first kappa shape index (κ1) is 34.9. The van der Waals surface area contributed by atoms with Crippen LogP contribution in [0.25, 0.3) is 11.1 Å². The molecular weight excluding hydrogens is 653 g/mol. The molecule has 3 aliphatic rings. The summed E-state index contributed by atoms with van der Waals surface area (Å²) < 4.78 is 125. The standard InChI is InChI=1S/C35H32ClF7O4/c1-2-11-44-19-45-17-20-3-10-32(46-18-20)23-14-30(40)34(31(41)15-23)35(42,43)47-25-8-9-26(27(36)16-25)22-12-28(38)33(29(39)13-22)21-4-6-24(37)7-5-21/h4,6-8,12-16,20,32H,2-3,5,9-11,17-19H2,1H3. The van der Waals surface area contributed by atoms with Crippen LogP contribution >= 0.6 is 11.6 Å². The number of halogens is 8. The molecule has 4 nitrogen and oxygen atoms in total. The Morgan fingerprint density at radius 1 is 0.894 bits per heavy atom. The highest BCUT2D eigenvalue weighted by molar-refractivity contribution is 6.36. The second-order valence-electron chi connectivity index (χ2n) is 11.4. The lowest BCUT2D eigenvalue weighted by Gasteiger charge is -2.29. The van der Waals surface area contributed by atoms with Gasteiger partial charge in [0.25, 0.3) is 0 Å². The van der Waals surface area contributed by atoms with Gasteiger partial charge in [0.05, 0.1) is 19.3 Å². The first-order valence-corrected chi connectivity index (χ1v) is 15.5. The van der Waals surface area contributed by atoms with E-state index in [0.717, 1.165) is 48.9 Å². The molecule has 47 heavy (non-hydrogen) atoms. The molecule has 2 aliphatic carbocycles. The minimum absolute atomic E-state index is 0.00522. The number of hydrogen-bond acceptors (Lipinski definition) is 4. The molecule has 0 saturated carbocycles. The van der Waals surface area contributed by atoms with Crippen LogP contribution in [0.3, 0.4) is 0 Å². The van der Waals surface area contributed by atoms with Crippen molar-refractivity contribution in [3.05, 3.63) is 116 Å². The predicted octanol–water partition coefficient (Wildman–Crippen LogP) is 8.40. The van der Waals surface area contributed by atoms with Crippen LogP contribution in [-0.2, 0) is 25.1 Å². The van der Waals surface area contributed by atoms with E-state index in [9.17, 15) is 13.2 Å². The number of alkyl halides is 2. The third-order valence-electron chi connectivity index (χ3n) is 7.95. The summed E-state index contributed by atoms with van der Waals surface area (Å²) in [5.41, 5.74) is -1.06. The van der Waals surface area contributed by atoms with E-state index in [1.807, 2.05) is 6.92 Å². The van der Waals surface area contributed by atoms with Crippen molar-refractivity contribution in [3.63, 3.8) is 0 Å². The molecule has 2 atom stereocenters. The summed E-state index contributed by atoms with van der Waals surface area (Å²) in [7, 11) is 0. The molecule has 5 rings (SSSR count). The lowest BCUT2D eigenvalue weighted by atomic mass is 9.94. The maximum absolute atomic E-state index is 15.2. The largest absolute Gasteiger partial charge is 0.432 e. The number of rotatable bonds is 10. The van der Waals surface area contributed by atoms with Crippen LogP contribution < -0.4 is 10.4 Å². The van der Waals surface area contributed by atoms with Crippen LogP contribution in [-0.4, -0.2) is 26.6 Å². The SMILES string of the molecule is CCCOCOCC1CCC(c2cc(F)c(C(F)(F)OC3=CCC(=c4cc(F)c(=C5C=CC(F)=CC5)c(F)c4)C(Cl)=C3)c(F)c2)OC1. The van der Waals surface area contributed by atoms with Crippen molar-refractivity contribution in [2.24, 2.45) is 5.92 Å². The molecule has 252 valence electrons. The van der Waals surface area contributed by atoms with E-state index in [0.29, 0.717) is 26.1 Å². The topological polar surface area (TPSA) is 36.9 Å². The Hall–Kier alpha value is -3.38. The molecule has 2 aromatic rings. The molecule has 12 heteroatoms. The molecule has 0 spiro atoms. The summed E-state index contributed by atoms with van der Waals surface area (Å²) >= 11 is 6.30. The van der Waals surface area contributed by atoms with Gasteiger partial charge in [-0.05, 0) is 103 Å². The van der Waals surface area contributed by atoms with Crippen molar-refractivity contribution in [2.75, 3.05) is 26.6 Å². The zero-order valence-electron chi connectivity index (χ0n) is 25.4. The molecule has 2 unspecified atom stereocenters. The summed E-state index contributed by atoms with van der Waals surface area (Å²) in [5.74, 6) is -5.81. The van der Waals surface area contributed by atoms with E-state index in [2.05, 4.69) is 0 Å². The summed E-state index contributed by atoms with van der Waals surface area (Å²) in [6.07, 6.45) is 2.32. The van der Waals surface area contributed by atoms with Gasteiger partial charge in [-0.2, -0.15) is 8.78 Å². The fourth-order valence-electron chi connectivity index (χ4n) is 5.59. The minimum atomic E-state index is -4.43. The molecule has 2 aromatic carbocycles. The smallest absolute Gasteiger partial charge is 0.429 e. The predicted molar refractivity (Wildman–Crippen MR) is 162 cm³/mol. The summed E-state index contributed by atoms with van der Waals surface area (Å²) in [4.78, 5) is 0. The average molecular weight is 685 g/mol. The molecule has 0 bridgehead atoms. The molecular formula is C35H32ClF7O4. The summed E-state index contributed by atoms with van der Waals surface area (Å²) in [6.45, 7) is 3.39. The highest BCUT2D eigenvalue weighted by Gasteiger charge is 2.42. The van der Waals surface area contributed by atoms with Crippen LogP contribution in [0.1, 0.15) is 56.3 Å². The Balaban J connectivity index is 1.27. The zero-order chi connectivity index (χ0) is 33.7. The van der Waals surface area contributed by atoms with Gasteiger partial charge in [-0.15, -0.1) is 0 Å². The van der Waals surface area contributed by atoms with Crippen molar-refractivity contribution in [1.82, 2.24) is 0 Å². The quantitative estimate of drug-likeness (QED) is 0.143. The van der Waals surface area contributed by atoms with E-state index < -0.39 is 52.6 Å². The van der Waals surface area contributed by atoms with E-state index >= 15 is 17.6 Å². The van der Waals surface area contributed by atoms with E-state index in [1.165, 1.54) is 12.2 Å². The summed E-state index contributed by atoms with van der Waals surface area (Å²) in [6, 6.07) is 3.68. The van der Waals surface area contributed by atoms with Crippen LogP contribution in [0.2, 0.25) is 0 Å². The number of benzene rings is 2. The minimum Gasteiger partial charge on any atom is -0.429 e. The Morgan fingerprint density at radius 3 is 2.21 bits per heavy atom. The monoisotopic (exact) mass is 684 g/mol. The maximum atomic E-state index is 15.2. The lowest BCUT2D eigenvalue weighted by molar-refractivity contribution is -0.224. The van der Waals surface area contributed by atoms with Gasteiger partial charge < -0.3 is 18.9 Å². The molecule has 1 saturated heterocycles. The molecule has 0 radical (unpaired) electrons. The molecule has 1 heterocycles. The van der Waals surface area contributed by atoms with Crippen molar-refractivity contribution in [3.8, 4) is 0 Å². The second-order valence-corrected chi connectivity index (χ2v) is 11.8. The van der Waals surface area contributed by atoms with Gasteiger partial charge in [-0.1, -0.05) is 24.6 Å². The molecule has 1 aliphatic heterocycles. The van der Waals surface area contributed by atoms with Crippen molar-refractivity contribution >= 4 is 22.7 Å². The number of hydrogen-bond donors (Lipinski definition) is 0. The van der Waals surface area contributed by atoms with Crippen molar-refractivity contribution < 1.29 is 49.7 Å². The van der Waals surface area contributed by atoms with E-state index in [1.54, 1.807) is 0 Å². The highest BCUT2D eigenvalue weighted by atomic mass is 35.5. The first-order valence-electron chi connectivity index (χ1n) is 15.1. The molecule has 0 aromatic heterocycles. The first-order chi connectivity index (χ1) is 22.5. The maximum Gasteiger partial charge on any atom is 0.432 e. The number of ether oxygens (including phenoxy) is 4. The molecule has 0 amide bonds. The van der Waals surface area contributed by atoms with Crippen molar-refractivity contribution in [2.45, 2.75) is 51.2 Å². The Bertz CT molecular complexity index is 1690. The van der Waals surface area contributed by atoms with Gasteiger partial charge >= 0.3 is 6.11 Å². The lowest BCUT2D eigenvalue weighted by Crippen LogP contribution is -2.26. The van der Waals surface area contributed by atoms with E-state index in [4.69, 9.17) is 30.5 Å². The van der Waals surface area contributed by atoms with Gasteiger partial charge in [0.2, 0.25) is 0 Å². The molecule has 1 fully saturated rings. The fourth-order valence-corrected chi connectivity index (χ4v) is 5.89. The third-order valence-corrected chi connectivity index (χ3v) is 8.29. The molecule has 0 N–H and O–H groups in total. The number of allylic oxidation sites excluding steroid dienone is 7. The Morgan fingerprint density at radius 2 is 1.62 bits per heavy atom. The normalized spacial score (nSPS) is 20.2. The second kappa shape index (κ2) is 15.2. The average Bonchev–Trinajstić information content (AvgIpc) is 3.01. The van der Waals surface area contributed by atoms with Crippen LogP contribution in [0.4, 0.5) is 30.7 Å². The Labute approximate surface area is 272 Å². The third kappa shape index (κ3) is 8.38. The van der Waals surface area contributed by atoms with Crippen molar-refractivity contribution in [1.29, 1.82) is 0 Å². The highest BCUT2D eigenvalue weighted by Crippen LogP contribution is 2.40. The van der Waals surface area contributed by atoms with Gasteiger partial charge in [0, 0.05) is 22.8 Å². The van der Waals surface area contributed by atoms with Crippen LogP contribution in [0.5, 0.6) is 0 Å². The fraction of sp³-hybridized carbons (Fsp3) is 0.371. The van der Waals surface area contributed by atoms with E-state index in [-0.39, 0.29) is 64.3 Å². The van der Waals surface area contributed by atoms with Gasteiger partial charge in [-0.25, -0.2) is 22.0 Å².